The largest absolute Gasteiger partial charge is 0.367 e. The fourth-order valence-electron chi connectivity index (χ4n) is 2.28. The van der Waals surface area contributed by atoms with Crippen molar-refractivity contribution in [3.8, 4) is 11.1 Å². The molecule has 0 atom stereocenters. The molecule has 0 saturated heterocycles. The van der Waals surface area contributed by atoms with Crippen LogP contribution in [0.4, 0.5) is 5.88 Å². The van der Waals surface area contributed by atoms with Crippen LogP contribution in [0.15, 0.2) is 28.8 Å². The van der Waals surface area contributed by atoms with Gasteiger partial charge in [-0.05, 0) is 35.8 Å². The van der Waals surface area contributed by atoms with Gasteiger partial charge in [0.1, 0.15) is 0 Å². The summed E-state index contributed by atoms with van der Waals surface area (Å²) in [7, 11) is 0. The number of hydrogen-bond donors (Lipinski definition) is 1. The lowest BCUT2D eigenvalue weighted by Gasteiger charge is -2.08. The second kappa shape index (κ2) is 6.12. The Labute approximate surface area is 121 Å². The molecule has 0 spiro atoms. The molecule has 0 fully saturated rings. The smallest absolute Gasteiger partial charge is 0.230 e. The number of anilines is 1. The fourth-order valence-corrected chi connectivity index (χ4v) is 2.28. The minimum Gasteiger partial charge on any atom is -0.367 e. The van der Waals surface area contributed by atoms with Gasteiger partial charge < -0.3 is 10.3 Å². The number of nitrogen functional groups attached to an aromatic ring is 1. The number of nitrogens with two attached hydrogens (primary N) is 1. The molecule has 0 unspecified atom stereocenters. The molecule has 0 radical (unpaired) electrons. The van der Waals surface area contributed by atoms with Crippen molar-refractivity contribution < 1.29 is 4.52 Å². The van der Waals surface area contributed by atoms with Gasteiger partial charge in [-0.15, -0.1) is 0 Å². The van der Waals surface area contributed by atoms with Gasteiger partial charge >= 0.3 is 0 Å². The van der Waals surface area contributed by atoms with E-state index in [1.54, 1.807) is 0 Å². The molecule has 0 bridgehead atoms. The van der Waals surface area contributed by atoms with Crippen molar-refractivity contribution in [1.82, 2.24) is 5.16 Å². The molecule has 108 valence electrons. The van der Waals surface area contributed by atoms with Crippen molar-refractivity contribution in [3.63, 3.8) is 0 Å². The maximum atomic E-state index is 5.95. The van der Waals surface area contributed by atoms with E-state index < -0.39 is 0 Å². The van der Waals surface area contributed by atoms with Crippen LogP contribution >= 0.6 is 0 Å². The summed E-state index contributed by atoms with van der Waals surface area (Å²) in [5, 5.41) is 4.12. The molecule has 3 nitrogen and oxygen atoms in total. The van der Waals surface area contributed by atoms with Gasteiger partial charge in [-0.1, -0.05) is 57.1 Å². The monoisotopic (exact) mass is 272 g/mol. The molecule has 0 amide bonds. The minimum absolute atomic E-state index is 0.418. The van der Waals surface area contributed by atoms with E-state index in [2.05, 4.69) is 57.1 Å². The summed E-state index contributed by atoms with van der Waals surface area (Å²) >= 11 is 0. The minimum atomic E-state index is 0.418. The third-order valence-corrected chi connectivity index (χ3v) is 3.61. The van der Waals surface area contributed by atoms with Gasteiger partial charge in [-0.25, -0.2) is 0 Å². The highest BCUT2D eigenvalue weighted by Gasteiger charge is 2.16. The Morgan fingerprint density at radius 2 is 1.75 bits per heavy atom. The lowest BCUT2D eigenvalue weighted by atomic mass is 9.96. The molecule has 1 heterocycles. The number of aromatic nitrogens is 1. The zero-order valence-electron chi connectivity index (χ0n) is 12.8. The van der Waals surface area contributed by atoms with Crippen LogP contribution in [-0.4, -0.2) is 5.16 Å². The zero-order chi connectivity index (χ0) is 14.7. The summed E-state index contributed by atoms with van der Waals surface area (Å²) in [4.78, 5) is 0. The highest BCUT2D eigenvalue weighted by molar-refractivity contribution is 5.75. The van der Waals surface area contributed by atoms with Gasteiger partial charge in [0.25, 0.3) is 0 Å². The summed E-state index contributed by atoms with van der Waals surface area (Å²) in [6.07, 6.45) is 1.99. The van der Waals surface area contributed by atoms with Gasteiger partial charge in [0.15, 0.2) is 0 Å². The first kappa shape index (κ1) is 14.6. The average Bonchev–Trinajstić information content (AvgIpc) is 2.77. The van der Waals surface area contributed by atoms with E-state index in [-0.39, 0.29) is 0 Å². The second-order valence-electron chi connectivity index (χ2n) is 6.08. The molecule has 0 saturated carbocycles. The Morgan fingerprint density at radius 3 is 2.30 bits per heavy atom. The third-order valence-electron chi connectivity index (χ3n) is 3.61. The van der Waals surface area contributed by atoms with Crippen LogP contribution in [0.5, 0.6) is 0 Å². The predicted molar refractivity (Wildman–Crippen MR) is 83.6 cm³/mol. The molecule has 3 heteroatoms. The van der Waals surface area contributed by atoms with Gasteiger partial charge in [-0.3, -0.25) is 0 Å². The fraction of sp³-hybridized carbons (Fsp3) is 0.471. The zero-order valence-corrected chi connectivity index (χ0v) is 12.8. The Balaban J connectivity index is 2.29. The molecule has 20 heavy (non-hydrogen) atoms. The average molecular weight is 272 g/mol. The van der Waals surface area contributed by atoms with Crippen LogP contribution in [-0.2, 0) is 6.42 Å². The molecule has 2 N–H and O–H groups in total. The van der Waals surface area contributed by atoms with E-state index in [1.807, 2.05) is 0 Å². The molecule has 2 aromatic rings. The first-order valence-corrected chi connectivity index (χ1v) is 7.33. The van der Waals surface area contributed by atoms with Gasteiger partial charge in [0, 0.05) is 0 Å². The van der Waals surface area contributed by atoms with Crippen LogP contribution < -0.4 is 5.73 Å². The SMILES string of the molecule is CC(C)CCc1noc(N)c1-c1ccc(C(C)C)cc1. The Morgan fingerprint density at radius 1 is 1.10 bits per heavy atom. The van der Waals surface area contributed by atoms with E-state index >= 15 is 0 Å². The predicted octanol–water partition coefficient (Wildman–Crippen LogP) is 4.64. The van der Waals surface area contributed by atoms with Crippen LogP contribution in [0.1, 0.15) is 51.3 Å². The van der Waals surface area contributed by atoms with Crippen LogP contribution in [0, 0.1) is 5.92 Å². The first-order valence-electron chi connectivity index (χ1n) is 7.33. The number of nitrogens with zero attached hydrogens (tertiary/aromatic N) is 1. The van der Waals surface area contributed by atoms with E-state index in [0.29, 0.717) is 17.7 Å². The lowest BCUT2D eigenvalue weighted by Crippen LogP contribution is -1.96. The molecule has 2 rings (SSSR count). The Kier molecular flexibility index (Phi) is 4.48. The highest BCUT2D eigenvalue weighted by atomic mass is 16.5. The van der Waals surface area contributed by atoms with Crippen molar-refractivity contribution in [3.05, 3.63) is 35.5 Å². The number of hydrogen-bond acceptors (Lipinski definition) is 3. The highest BCUT2D eigenvalue weighted by Crippen LogP contribution is 2.31. The van der Waals surface area contributed by atoms with Crippen molar-refractivity contribution >= 4 is 5.88 Å². The van der Waals surface area contributed by atoms with E-state index in [0.717, 1.165) is 29.7 Å². The van der Waals surface area contributed by atoms with Gasteiger partial charge in [0.2, 0.25) is 5.88 Å². The summed E-state index contributed by atoms with van der Waals surface area (Å²) in [5.41, 5.74) is 10.3. The maximum Gasteiger partial charge on any atom is 0.230 e. The Bertz CT molecular complexity index is 553. The summed E-state index contributed by atoms with van der Waals surface area (Å²) in [6.45, 7) is 8.80. The summed E-state index contributed by atoms with van der Waals surface area (Å²) in [6, 6.07) is 8.52. The molecule has 1 aromatic heterocycles. The number of benzene rings is 1. The first-order chi connectivity index (χ1) is 9.49. The number of aryl methyl sites for hydroxylation is 1. The standard InChI is InChI=1S/C17H24N2O/c1-11(2)5-10-15-16(17(18)20-19-15)14-8-6-13(7-9-14)12(3)4/h6-9,11-12H,5,10,18H2,1-4H3. The lowest BCUT2D eigenvalue weighted by molar-refractivity contribution is 0.423. The van der Waals surface area contributed by atoms with Gasteiger partial charge in [0.05, 0.1) is 11.3 Å². The normalized spacial score (nSPS) is 11.5. The number of rotatable bonds is 5. The molecule has 0 aliphatic rings. The summed E-state index contributed by atoms with van der Waals surface area (Å²) < 4.78 is 5.19. The Hall–Kier alpha value is -1.77. The maximum absolute atomic E-state index is 5.95. The molecular formula is C17H24N2O. The molecular weight excluding hydrogens is 248 g/mol. The van der Waals surface area contributed by atoms with Crippen molar-refractivity contribution in [2.24, 2.45) is 5.92 Å². The second-order valence-corrected chi connectivity index (χ2v) is 6.08. The van der Waals surface area contributed by atoms with Crippen molar-refractivity contribution in [1.29, 1.82) is 0 Å². The molecule has 1 aromatic carbocycles. The topological polar surface area (TPSA) is 52.0 Å². The van der Waals surface area contributed by atoms with Crippen LogP contribution in [0.3, 0.4) is 0 Å². The van der Waals surface area contributed by atoms with Crippen molar-refractivity contribution in [2.45, 2.75) is 46.5 Å². The molecule has 0 aliphatic carbocycles. The quantitative estimate of drug-likeness (QED) is 0.863. The van der Waals surface area contributed by atoms with E-state index in [4.69, 9.17) is 10.3 Å². The van der Waals surface area contributed by atoms with E-state index in [9.17, 15) is 0 Å². The van der Waals surface area contributed by atoms with E-state index in [1.165, 1.54) is 5.56 Å². The molecule has 0 aliphatic heterocycles. The van der Waals surface area contributed by atoms with Crippen LogP contribution in [0.2, 0.25) is 0 Å². The van der Waals surface area contributed by atoms with Gasteiger partial charge in [-0.2, -0.15) is 0 Å². The summed E-state index contributed by atoms with van der Waals surface area (Å²) in [5.74, 6) is 1.59. The van der Waals surface area contributed by atoms with Crippen molar-refractivity contribution in [2.75, 3.05) is 5.73 Å². The third kappa shape index (κ3) is 3.21. The van der Waals surface area contributed by atoms with Crippen LogP contribution in [0.25, 0.3) is 11.1 Å².